The fraction of sp³-hybridized carbons (Fsp3) is 0.318. The molecule has 2 heterocycles. The summed E-state index contributed by atoms with van der Waals surface area (Å²) in [5.41, 5.74) is 2.09. The molecule has 0 aliphatic heterocycles. The molecule has 1 fully saturated rings. The third-order valence-corrected chi connectivity index (χ3v) is 5.18. The van der Waals surface area contributed by atoms with Crippen molar-refractivity contribution >= 4 is 5.69 Å². The Kier molecular flexibility index (Phi) is 5.65. The van der Waals surface area contributed by atoms with Crippen molar-refractivity contribution in [2.75, 3.05) is 19.0 Å². The van der Waals surface area contributed by atoms with E-state index in [1.807, 2.05) is 24.3 Å². The maximum Gasteiger partial charge on any atom is 0.290 e. The molecular weight excluding hydrogens is 387 g/mol. The van der Waals surface area contributed by atoms with Crippen LogP contribution in [0.3, 0.4) is 0 Å². The molecule has 0 spiro atoms. The molecule has 4 rings (SSSR count). The SMILES string of the molecule is COc1ccc(CNc2cc(OC[C@H]3C[C@@H]3c3ccc(F)cn3)nn(C)c2=O)cc1. The topological polar surface area (TPSA) is 78.3 Å². The third kappa shape index (κ3) is 4.59. The van der Waals surface area contributed by atoms with Gasteiger partial charge in [-0.1, -0.05) is 12.1 Å². The third-order valence-electron chi connectivity index (χ3n) is 5.18. The number of aromatic nitrogens is 3. The molecule has 0 unspecified atom stereocenters. The van der Waals surface area contributed by atoms with Crippen LogP contribution in [0.2, 0.25) is 0 Å². The Morgan fingerprint density at radius 3 is 2.73 bits per heavy atom. The summed E-state index contributed by atoms with van der Waals surface area (Å²) in [5, 5.41) is 7.33. The van der Waals surface area contributed by atoms with Crippen LogP contribution in [0.4, 0.5) is 10.1 Å². The standard InChI is InChI=1S/C22H23FN4O3/c1-27-22(28)20(24-11-14-3-6-17(29-2)7-4-14)10-21(26-27)30-13-15-9-18(15)19-8-5-16(23)12-25-19/h3-8,10,12,15,18,24H,9,11,13H2,1-2H3/t15-,18+/m1/s1. The molecule has 0 bridgehead atoms. The van der Waals surface area contributed by atoms with Crippen LogP contribution in [0.15, 0.2) is 53.5 Å². The van der Waals surface area contributed by atoms with Crippen LogP contribution in [-0.4, -0.2) is 28.5 Å². The first kappa shape index (κ1) is 19.9. The highest BCUT2D eigenvalue weighted by Gasteiger charge is 2.40. The first-order chi connectivity index (χ1) is 14.5. The number of pyridine rings is 1. The lowest BCUT2D eigenvalue weighted by Crippen LogP contribution is -2.24. The van der Waals surface area contributed by atoms with E-state index in [1.54, 1.807) is 26.3 Å². The quantitative estimate of drug-likeness (QED) is 0.615. The van der Waals surface area contributed by atoms with Crippen molar-refractivity contribution in [2.24, 2.45) is 13.0 Å². The fourth-order valence-corrected chi connectivity index (χ4v) is 3.31. The summed E-state index contributed by atoms with van der Waals surface area (Å²) in [6.45, 7) is 0.955. The molecule has 156 valence electrons. The summed E-state index contributed by atoms with van der Waals surface area (Å²) in [4.78, 5) is 16.5. The van der Waals surface area contributed by atoms with Gasteiger partial charge in [-0.25, -0.2) is 9.07 Å². The number of ether oxygens (including phenoxy) is 2. The van der Waals surface area contributed by atoms with Crippen LogP contribution in [-0.2, 0) is 13.6 Å². The second-order valence-corrected chi connectivity index (χ2v) is 7.34. The van der Waals surface area contributed by atoms with Crippen molar-refractivity contribution in [3.8, 4) is 11.6 Å². The molecule has 7 nitrogen and oxygen atoms in total. The lowest BCUT2D eigenvalue weighted by atomic mass is 10.2. The fourth-order valence-electron chi connectivity index (χ4n) is 3.31. The zero-order valence-corrected chi connectivity index (χ0v) is 16.8. The van der Waals surface area contributed by atoms with Crippen LogP contribution in [0.5, 0.6) is 11.6 Å². The maximum atomic E-state index is 13.0. The Hall–Kier alpha value is -3.42. The highest BCUT2D eigenvalue weighted by molar-refractivity contribution is 5.44. The molecule has 8 heteroatoms. The van der Waals surface area contributed by atoms with Gasteiger partial charge in [-0.3, -0.25) is 9.78 Å². The summed E-state index contributed by atoms with van der Waals surface area (Å²) in [7, 11) is 3.21. The number of nitrogens with zero attached hydrogens (tertiary/aromatic N) is 3. The van der Waals surface area contributed by atoms with Crippen molar-refractivity contribution in [3.05, 3.63) is 76.1 Å². The highest BCUT2D eigenvalue weighted by atomic mass is 19.1. The lowest BCUT2D eigenvalue weighted by Gasteiger charge is -2.11. The second-order valence-electron chi connectivity index (χ2n) is 7.34. The Labute approximate surface area is 173 Å². The van der Waals surface area contributed by atoms with Gasteiger partial charge in [0, 0.05) is 37.2 Å². The number of methoxy groups -OCH3 is 1. The first-order valence-corrected chi connectivity index (χ1v) is 9.73. The largest absolute Gasteiger partial charge is 0.497 e. The predicted molar refractivity (Wildman–Crippen MR) is 110 cm³/mol. The Morgan fingerprint density at radius 1 is 1.23 bits per heavy atom. The number of rotatable bonds is 8. The molecule has 2 aromatic heterocycles. The normalized spacial score (nSPS) is 17.4. The predicted octanol–water partition coefficient (Wildman–Crippen LogP) is 3.12. The van der Waals surface area contributed by atoms with Crippen molar-refractivity contribution in [1.82, 2.24) is 14.8 Å². The van der Waals surface area contributed by atoms with E-state index in [2.05, 4.69) is 15.4 Å². The molecular formula is C22H23FN4O3. The van der Waals surface area contributed by atoms with Gasteiger partial charge in [0.05, 0.1) is 19.9 Å². The van der Waals surface area contributed by atoms with E-state index in [4.69, 9.17) is 9.47 Å². The Bertz CT molecular complexity index is 1070. The molecule has 3 aromatic rings. The summed E-state index contributed by atoms with van der Waals surface area (Å²) in [6.07, 6.45) is 2.17. The zero-order chi connectivity index (χ0) is 21.1. The van der Waals surface area contributed by atoms with Crippen molar-refractivity contribution in [3.63, 3.8) is 0 Å². The Morgan fingerprint density at radius 2 is 2.03 bits per heavy atom. The average molecular weight is 410 g/mol. The van der Waals surface area contributed by atoms with Gasteiger partial charge in [0.15, 0.2) is 0 Å². The van der Waals surface area contributed by atoms with Gasteiger partial charge in [0.1, 0.15) is 17.3 Å². The van der Waals surface area contributed by atoms with Crippen molar-refractivity contribution in [1.29, 1.82) is 0 Å². The molecule has 1 aliphatic carbocycles. The van der Waals surface area contributed by atoms with Crippen LogP contribution in [0, 0.1) is 11.7 Å². The number of hydrogen-bond acceptors (Lipinski definition) is 6. The average Bonchev–Trinajstić information content (AvgIpc) is 3.54. The van der Waals surface area contributed by atoms with E-state index in [0.717, 1.165) is 23.4 Å². The lowest BCUT2D eigenvalue weighted by molar-refractivity contribution is 0.278. The summed E-state index contributed by atoms with van der Waals surface area (Å²) in [6, 6.07) is 12.4. The van der Waals surface area contributed by atoms with E-state index < -0.39 is 0 Å². The molecule has 2 atom stereocenters. The molecule has 0 amide bonds. The van der Waals surface area contributed by atoms with Crippen LogP contribution in [0.1, 0.15) is 23.6 Å². The van der Waals surface area contributed by atoms with E-state index in [-0.39, 0.29) is 17.3 Å². The number of halogens is 1. The van der Waals surface area contributed by atoms with Gasteiger partial charge < -0.3 is 14.8 Å². The number of hydrogen-bond donors (Lipinski definition) is 1. The molecule has 1 N–H and O–H groups in total. The van der Waals surface area contributed by atoms with Crippen LogP contribution in [0.25, 0.3) is 0 Å². The molecule has 30 heavy (non-hydrogen) atoms. The number of aryl methyl sites for hydroxylation is 1. The van der Waals surface area contributed by atoms with E-state index in [9.17, 15) is 9.18 Å². The first-order valence-electron chi connectivity index (χ1n) is 9.73. The second kappa shape index (κ2) is 8.52. The van der Waals surface area contributed by atoms with E-state index >= 15 is 0 Å². The van der Waals surface area contributed by atoms with Gasteiger partial charge in [0.2, 0.25) is 5.88 Å². The molecule has 1 aliphatic rings. The maximum absolute atomic E-state index is 13.0. The highest BCUT2D eigenvalue weighted by Crippen LogP contribution is 2.46. The molecule has 0 radical (unpaired) electrons. The van der Waals surface area contributed by atoms with Gasteiger partial charge in [0.25, 0.3) is 5.56 Å². The smallest absolute Gasteiger partial charge is 0.290 e. The Balaban J connectivity index is 1.36. The van der Waals surface area contributed by atoms with Gasteiger partial charge >= 0.3 is 0 Å². The van der Waals surface area contributed by atoms with Gasteiger partial charge in [-0.15, -0.1) is 5.10 Å². The summed E-state index contributed by atoms with van der Waals surface area (Å²) in [5.74, 6) is 1.40. The minimum atomic E-state index is -0.337. The van der Waals surface area contributed by atoms with E-state index in [0.29, 0.717) is 30.6 Å². The van der Waals surface area contributed by atoms with Crippen molar-refractivity contribution in [2.45, 2.75) is 18.9 Å². The van der Waals surface area contributed by atoms with Gasteiger partial charge in [-0.05, 0) is 36.2 Å². The van der Waals surface area contributed by atoms with Crippen LogP contribution >= 0.6 is 0 Å². The molecule has 1 aromatic carbocycles. The van der Waals surface area contributed by atoms with E-state index in [1.165, 1.54) is 16.9 Å². The zero-order valence-electron chi connectivity index (χ0n) is 16.8. The number of anilines is 1. The summed E-state index contributed by atoms with van der Waals surface area (Å²) < 4.78 is 25.3. The number of nitrogens with one attached hydrogen (secondary N) is 1. The number of benzene rings is 1. The minimum Gasteiger partial charge on any atom is -0.497 e. The molecule has 1 saturated carbocycles. The molecule has 0 saturated heterocycles. The monoisotopic (exact) mass is 410 g/mol. The summed E-state index contributed by atoms with van der Waals surface area (Å²) >= 11 is 0. The minimum absolute atomic E-state index is 0.226. The van der Waals surface area contributed by atoms with Crippen molar-refractivity contribution < 1.29 is 13.9 Å². The van der Waals surface area contributed by atoms with Crippen LogP contribution < -0.4 is 20.3 Å². The van der Waals surface area contributed by atoms with Gasteiger partial charge in [-0.2, -0.15) is 0 Å².